The topological polar surface area (TPSA) is 23.5 Å². The number of aliphatic hydroxyl groups excluding tert-OH is 1. The molecule has 0 amide bonds. The van der Waals surface area contributed by atoms with Crippen LogP contribution in [0.15, 0.2) is 42.5 Å². The van der Waals surface area contributed by atoms with E-state index < -0.39 is 6.10 Å². The summed E-state index contributed by atoms with van der Waals surface area (Å²) < 4.78 is 0. The Morgan fingerprint density at radius 3 is 1.84 bits per heavy atom. The largest absolute Gasteiger partial charge is 0.384 e. The first-order chi connectivity index (χ1) is 8.97. The van der Waals surface area contributed by atoms with Gasteiger partial charge in [0.15, 0.2) is 0 Å². The summed E-state index contributed by atoms with van der Waals surface area (Å²) >= 11 is 0. The van der Waals surface area contributed by atoms with Crippen LogP contribution in [0, 0.1) is 13.8 Å². The van der Waals surface area contributed by atoms with E-state index in [1.54, 1.807) is 0 Å². The molecule has 19 heavy (non-hydrogen) atoms. The van der Waals surface area contributed by atoms with Crippen LogP contribution in [0.4, 0.5) is 5.69 Å². The first kappa shape index (κ1) is 13.6. The molecule has 0 bridgehead atoms. The first-order valence-electron chi connectivity index (χ1n) is 6.51. The van der Waals surface area contributed by atoms with Gasteiger partial charge in [0.1, 0.15) is 6.10 Å². The Morgan fingerprint density at radius 2 is 1.37 bits per heavy atom. The summed E-state index contributed by atoms with van der Waals surface area (Å²) in [6, 6.07) is 14.2. The van der Waals surface area contributed by atoms with E-state index in [2.05, 4.69) is 19.9 Å². The molecule has 2 rings (SSSR count). The zero-order valence-corrected chi connectivity index (χ0v) is 12.0. The lowest BCUT2D eigenvalue weighted by Crippen LogP contribution is -2.08. The molecule has 0 saturated carbocycles. The Kier molecular flexibility index (Phi) is 3.91. The number of nitrogens with zero attached hydrogens (tertiary/aromatic N) is 1. The second kappa shape index (κ2) is 5.45. The molecule has 0 spiro atoms. The number of anilines is 1. The van der Waals surface area contributed by atoms with Gasteiger partial charge in [0, 0.05) is 19.8 Å². The van der Waals surface area contributed by atoms with E-state index in [4.69, 9.17) is 0 Å². The van der Waals surface area contributed by atoms with Crippen molar-refractivity contribution in [3.8, 4) is 0 Å². The second-order valence-corrected chi connectivity index (χ2v) is 5.31. The summed E-state index contributed by atoms with van der Waals surface area (Å²) in [6.45, 7) is 4.11. The molecule has 0 aliphatic carbocycles. The molecule has 2 heteroatoms. The van der Waals surface area contributed by atoms with Gasteiger partial charge in [0.05, 0.1) is 0 Å². The Bertz CT molecular complexity index is 538. The zero-order valence-electron chi connectivity index (χ0n) is 12.0. The average Bonchev–Trinajstić information content (AvgIpc) is 2.37. The van der Waals surface area contributed by atoms with Crippen LogP contribution in [0.3, 0.4) is 0 Å². The number of hydrogen-bond donors (Lipinski definition) is 1. The van der Waals surface area contributed by atoms with Crippen molar-refractivity contribution >= 4 is 5.69 Å². The lowest BCUT2D eigenvalue weighted by Gasteiger charge is -2.16. The van der Waals surface area contributed by atoms with E-state index in [9.17, 15) is 5.11 Å². The predicted molar refractivity (Wildman–Crippen MR) is 80.7 cm³/mol. The van der Waals surface area contributed by atoms with Gasteiger partial charge in [-0.2, -0.15) is 0 Å². The van der Waals surface area contributed by atoms with Crippen molar-refractivity contribution in [3.05, 3.63) is 64.7 Å². The van der Waals surface area contributed by atoms with Crippen LogP contribution in [0.25, 0.3) is 0 Å². The molecule has 100 valence electrons. The molecule has 1 N–H and O–H groups in total. The van der Waals surface area contributed by atoms with E-state index >= 15 is 0 Å². The van der Waals surface area contributed by atoms with Crippen molar-refractivity contribution in [3.63, 3.8) is 0 Å². The summed E-state index contributed by atoms with van der Waals surface area (Å²) in [4.78, 5) is 2.05. The van der Waals surface area contributed by atoms with E-state index in [0.29, 0.717) is 0 Å². The Labute approximate surface area is 115 Å². The molecular formula is C17H21NO. The zero-order chi connectivity index (χ0) is 14.0. The highest BCUT2D eigenvalue weighted by molar-refractivity contribution is 5.47. The molecular weight excluding hydrogens is 234 g/mol. The first-order valence-corrected chi connectivity index (χ1v) is 6.51. The molecule has 1 unspecified atom stereocenters. The van der Waals surface area contributed by atoms with E-state index in [0.717, 1.165) is 16.8 Å². The molecule has 2 aromatic rings. The molecule has 0 aliphatic rings. The fraction of sp³-hybridized carbons (Fsp3) is 0.294. The summed E-state index contributed by atoms with van der Waals surface area (Å²) in [5.41, 5.74) is 5.37. The number of aryl methyl sites for hydroxylation is 2. The Balaban J connectivity index is 2.30. The SMILES string of the molecule is Cc1cc(C)cc(C(O)c2ccc(N(C)C)cc2)c1. The van der Waals surface area contributed by atoms with Crippen molar-refractivity contribution in [1.29, 1.82) is 0 Å². The maximum absolute atomic E-state index is 10.5. The van der Waals surface area contributed by atoms with Crippen LogP contribution in [-0.2, 0) is 0 Å². The van der Waals surface area contributed by atoms with Gasteiger partial charge in [-0.3, -0.25) is 0 Å². The highest BCUT2D eigenvalue weighted by Crippen LogP contribution is 2.25. The van der Waals surface area contributed by atoms with Gasteiger partial charge in [-0.05, 0) is 37.1 Å². The Morgan fingerprint density at radius 1 is 0.842 bits per heavy atom. The van der Waals surface area contributed by atoms with Gasteiger partial charge in [0.2, 0.25) is 0 Å². The fourth-order valence-electron chi connectivity index (χ4n) is 2.31. The highest BCUT2D eigenvalue weighted by atomic mass is 16.3. The minimum atomic E-state index is -0.560. The van der Waals surface area contributed by atoms with Gasteiger partial charge in [0.25, 0.3) is 0 Å². The number of aliphatic hydroxyl groups is 1. The van der Waals surface area contributed by atoms with Crippen LogP contribution < -0.4 is 4.90 Å². The monoisotopic (exact) mass is 255 g/mol. The summed E-state index contributed by atoms with van der Waals surface area (Å²) in [5, 5.41) is 10.5. The molecule has 0 radical (unpaired) electrons. The van der Waals surface area contributed by atoms with Gasteiger partial charge in [-0.25, -0.2) is 0 Å². The third-order valence-electron chi connectivity index (χ3n) is 3.28. The van der Waals surface area contributed by atoms with Gasteiger partial charge < -0.3 is 10.0 Å². The minimum Gasteiger partial charge on any atom is -0.384 e. The van der Waals surface area contributed by atoms with Crippen molar-refractivity contribution in [2.45, 2.75) is 20.0 Å². The maximum atomic E-state index is 10.5. The van der Waals surface area contributed by atoms with Gasteiger partial charge in [-0.15, -0.1) is 0 Å². The van der Waals surface area contributed by atoms with Crippen molar-refractivity contribution in [2.24, 2.45) is 0 Å². The molecule has 0 heterocycles. The van der Waals surface area contributed by atoms with Crippen molar-refractivity contribution < 1.29 is 5.11 Å². The van der Waals surface area contributed by atoms with Crippen LogP contribution in [0.2, 0.25) is 0 Å². The predicted octanol–water partition coefficient (Wildman–Crippen LogP) is 3.45. The standard InChI is InChI=1S/C17H21NO/c1-12-9-13(2)11-15(10-12)17(19)14-5-7-16(8-6-14)18(3)4/h5-11,17,19H,1-4H3. The maximum Gasteiger partial charge on any atom is 0.104 e. The Hall–Kier alpha value is -1.80. The van der Waals surface area contributed by atoms with E-state index in [1.165, 1.54) is 11.1 Å². The van der Waals surface area contributed by atoms with E-state index in [1.807, 2.05) is 55.4 Å². The molecule has 0 saturated heterocycles. The van der Waals surface area contributed by atoms with Gasteiger partial charge >= 0.3 is 0 Å². The quantitative estimate of drug-likeness (QED) is 0.908. The van der Waals surface area contributed by atoms with Crippen LogP contribution in [0.5, 0.6) is 0 Å². The number of benzene rings is 2. The minimum absolute atomic E-state index is 0.560. The molecule has 0 aromatic heterocycles. The van der Waals surface area contributed by atoms with Crippen LogP contribution in [-0.4, -0.2) is 19.2 Å². The normalized spacial score (nSPS) is 12.3. The molecule has 2 aromatic carbocycles. The number of rotatable bonds is 3. The van der Waals surface area contributed by atoms with Gasteiger partial charge in [-0.1, -0.05) is 41.5 Å². The summed E-state index contributed by atoms with van der Waals surface area (Å²) in [5.74, 6) is 0. The fourth-order valence-corrected chi connectivity index (χ4v) is 2.31. The molecule has 1 atom stereocenters. The average molecular weight is 255 g/mol. The second-order valence-electron chi connectivity index (χ2n) is 5.31. The third kappa shape index (κ3) is 3.15. The van der Waals surface area contributed by atoms with Crippen molar-refractivity contribution in [1.82, 2.24) is 0 Å². The number of hydrogen-bond acceptors (Lipinski definition) is 2. The molecule has 0 fully saturated rings. The highest BCUT2D eigenvalue weighted by Gasteiger charge is 2.11. The smallest absolute Gasteiger partial charge is 0.104 e. The lowest BCUT2D eigenvalue weighted by molar-refractivity contribution is 0.220. The van der Waals surface area contributed by atoms with E-state index in [-0.39, 0.29) is 0 Å². The summed E-state index contributed by atoms with van der Waals surface area (Å²) in [7, 11) is 4.02. The molecule has 2 nitrogen and oxygen atoms in total. The molecule has 0 aliphatic heterocycles. The summed E-state index contributed by atoms with van der Waals surface area (Å²) in [6.07, 6.45) is -0.560. The lowest BCUT2D eigenvalue weighted by atomic mass is 9.98. The third-order valence-corrected chi connectivity index (χ3v) is 3.28. The van der Waals surface area contributed by atoms with Crippen LogP contribution >= 0.6 is 0 Å². The van der Waals surface area contributed by atoms with Crippen LogP contribution in [0.1, 0.15) is 28.4 Å². The van der Waals surface area contributed by atoms with Crippen molar-refractivity contribution in [2.75, 3.05) is 19.0 Å².